The van der Waals surface area contributed by atoms with Gasteiger partial charge in [0.2, 0.25) is 0 Å². The molecule has 0 saturated carbocycles. The van der Waals surface area contributed by atoms with E-state index in [0.29, 0.717) is 5.69 Å². The Labute approximate surface area is 180 Å². The largest absolute Gasteiger partial charge is 0.375 e. The average Bonchev–Trinajstić information content (AvgIpc) is 2.76. The number of anilines is 2. The predicted molar refractivity (Wildman–Crippen MR) is 126 cm³/mol. The zero-order valence-electron chi connectivity index (χ0n) is 16.8. The minimum absolute atomic E-state index is 0.0492. The Morgan fingerprint density at radius 3 is 2.43 bits per heavy atom. The molecule has 3 aromatic carbocycles. The molecule has 0 aromatic heterocycles. The molecule has 0 atom stereocenters. The molecule has 3 aromatic rings. The number of nitrogens with one attached hydrogen (secondary N) is 1. The number of hydrogen-bond donors (Lipinski definition) is 1. The maximum atomic E-state index is 13.3. The summed E-state index contributed by atoms with van der Waals surface area (Å²) in [5.74, 6) is -0.925. The van der Waals surface area contributed by atoms with Crippen LogP contribution in [0.2, 0.25) is 0 Å². The molecule has 4 rings (SSSR count). The van der Waals surface area contributed by atoms with Crippen molar-refractivity contribution in [1.29, 1.82) is 0 Å². The monoisotopic (exact) mass is 415 g/mol. The van der Waals surface area contributed by atoms with E-state index in [9.17, 15) is 9.59 Å². The van der Waals surface area contributed by atoms with E-state index in [1.54, 1.807) is 6.08 Å². The lowest BCUT2D eigenvalue weighted by Crippen LogP contribution is -2.54. The Kier molecular flexibility index (Phi) is 5.33. The van der Waals surface area contributed by atoms with Crippen LogP contribution >= 0.6 is 12.2 Å². The third kappa shape index (κ3) is 3.57. The summed E-state index contributed by atoms with van der Waals surface area (Å²) in [6, 6.07) is 21.2. The molecule has 2 amide bonds. The number of benzene rings is 3. The maximum absolute atomic E-state index is 13.3. The standard InChI is InChI=1S/C24H21N3O2S/c1-3-26(2)18-13-11-16(12-14-18)15-20-22(28)25-24(30)27(23(20)29)21-10-6-8-17-7-4-5-9-19(17)21/h4-15H,3H2,1-2H3,(H,25,28,30). The zero-order valence-corrected chi connectivity index (χ0v) is 17.6. The van der Waals surface area contributed by atoms with Crippen molar-refractivity contribution in [2.45, 2.75) is 6.92 Å². The van der Waals surface area contributed by atoms with Crippen LogP contribution in [0.4, 0.5) is 11.4 Å². The van der Waals surface area contributed by atoms with Crippen LogP contribution in [0, 0.1) is 0 Å². The first kappa shape index (κ1) is 19.8. The minimum Gasteiger partial charge on any atom is -0.375 e. The number of carbonyl (C=O) groups excluding carboxylic acids is 2. The van der Waals surface area contributed by atoms with Crippen LogP contribution in [-0.2, 0) is 9.59 Å². The van der Waals surface area contributed by atoms with Crippen molar-refractivity contribution in [2.24, 2.45) is 0 Å². The van der Waals surface area contributed by atoms with E-state index in [1.165, 1.54) is 4.90 Å². The highest BCUT2D eigenvalue weighted by Gasteiger charge is 2.35. The van der Waals surface area contributed by atoms with Gasteiger partial charge < -0.3 is 4.90 Å². The number of nitrogens with zero attached hydrogens (tertiary/aromatic N) is 2. The SMILES string of the molecule is CCN(C)c1ccc(C=C2C(=O)NC(=S)N(c3cccc4ccccc34)C2=O)cc1. The molecular weight excluding hydrogens is 394 g/mol. The van der Waals surface area contributed by atoms with Crippen LogP contribution in [0.5, 0.6) is 0 Å². The van der Waals surface area contributed by atoms with Crippen molar-refractivity contribution in [3.8, 4) is 0 Å². The number of thiocarbonyl (C=S) groups is 1. The van der Waals surface area contributed by atoms with Crippen LogP contribution in [-0.4, -0.2) is 30.5 Å². The smallest absolute Gasteiger partial charge is 0.270 e. The minimum atomic E-state index is -0.490. The predicted octanol–water partition coefficient (Wildman–Crippen LogP) is 4.13. The molecule has 0 unspecified atom stereocenters. The van der Waals surface area contributed by atoms with Crippen molar-refractivity contribution in [1.82, 2.24) is 5.32 Å². The molecule has 1 saturated heterocycles. The van der Waals surface area contributed by atoms with Gasteiger partial charge >= 0.3 is 0 Å². The first-order valence-corrected chi connectivity index (χ1v) is 10.1. The molecule has 5 nitrogen and oxygen atoms in total. The fraction of sp³-hybridized carbons (Fsp3) is 0.125. The molecule has 0 radical (unpaired) electrons. The van der Waals surface area contributed by atoms with Gasteiger partial charge in [-0.05, 0) is 54.4 Å². The molecule has 0 aliphatic carbocycles. The number of hydrogen-bond acceptors (Lipinski definition) is 4. The lowest BCUT2D eigenvalue weighted by atomic mass is 10.0. The second kappa shape index (κ2) is 8.08. The maximum Gasteiger partial charge on any atom is 0.270 e. The van der Waals surface area contributed by atoms with E-state index in [4.69, 9.17) is 12.2 Å². The van der Waals surface area contributed by atoms with Crippen molar-refractivity contribution in [3.63, 3.8) is 0 Å². The highest BCUT2D eigenvalue weighted by molar-refractivity contribution is 7.80. The molecule has 1 N–H and O–H groups in total. The van der Waals surface area contributed by atoms with E-state index >= 15 is 0 Å². The van der Waals surface area contributed by atoms with Crippen molar-refractivity contribution >= 4 is 57.4 Å². The van der Waals surface area contributed by atoms with Gasteiger partial charge in [-0.3, -0.25) is 19.8 Å². The fourth-order valence-corrected chi connectivity index (χ4v) is 3.73. The first-order chi connectivity index (χ1) is 14.5. The third-order valence-electron chi connectivity index (χ3n) is 5.23. The van der Waals surface area contributed by atoms with Crippen LogP contribution in [0.1, 0.15) is 12.5 Å². The number of rotatable bonds is 4. The van der Waals surface area contributed by atoms with Crippen LogP contribution in [0.15, 0.2) is 72.3 Å². The van der Waals surface area contributed by atoms with Gasteiger partial charge in [0.05, 0.1) is 5.69 Å². The molecule has 30 heavy (non-hydrogen) atoms. The van der Waals surface area contributed by atoms with Gasteiger partial charge in [0, 0.05) is 24.7 Å². The molecule has 6 heteroatoms. The third-order valence-corrected chi connectivity index (χ3v) is 5.51. The fourth-order valence-electron chi connectivity index (χ4n) is 3.45. The lowest BCUT2D eigenvalue weighted by Gasteiger charge is -2.29. The summed E-state index contributed by atoms with van der Waals surface area (Å²) in [5.41, 5.74) is 2.53. The quantitative estimate of drug-likeness (QED) is 0.396. The van der Waals surface area contributed by atoms with Gasteiger partial charge in [0.15, 0.2) is 5.11 Å². The summed E-state index contributed by atoms with van der Waals surface area (Å²) >= 11 is 5.34. The summed E-state index contributed by atoms with van der Waals surface area (Å²) in [5, 5.41) is 4.61. The van der Waals surface area contributed by atoms with E-state index in [2.05, 4.69) is 17.1 Å². The lowest BCUT2D eigenvalue weighted by molar-refractivity contribution is -0.122. The van der Waals surface area contributed by atoms with Crippen molar-refractivity contribution in [3.05, 3.63) is 77.9 Å². The van der Waals surface area contributed by atoms with Crippen LogP contribution < -0.4 is 15.1 Å². The molecule has 0 spiro atoms. The van der Waals surface area contributed by atoms with Gasteiger partial charge in [-0.1, -0.05) is 48.5 Å². The zero-order chi connectivity index (χ0) is 21.3. The van der Waals surface area contributed by atoms with E-state index in [1.807, 2.05) is 73.8 Å². The Hall–Kier alpha value is -3.51. The summed E-state index contributed by atoms with van der Waals surface area (Å²) in [7, 11) is 2.01. The highest BCUT2D eigenvalue weighted by Crippen LogP contribution is 2.30. The number of amides is 2. The van der Waals surface area contributed by atoms with E-state index in [-0.39, 0.29) is 10.7 Å². The Morgan fingerprint density at radius 2 is 1.70 bits per heavy atom. The average molecular weight is 416 g/mol. The van der Waals surface area contributed by atoms with Crippen LogP contribution in [0.3, 0.4) is 0 Å². The van der Waals surface area contributed by atoms with Gasteiger partial charge in [0.25, 0.3) is 11.8 Å². The second-order valence-electron chi connectivity index (χ2n) is 7.06. The van der Waals surface area contributed by atoms with Gasteiger partial charge in [0.1, 0.15) is 5.57 Å². The van der Waals surface area contributed by atoms with E-state index in [0.717, 1.165) is 28.6 Å². The Bertz CT molecular complexity index is 1180. The Morgan fingerprint density at radius 1 is 1.00 bits per heavy atom. The molecule has 1 heterocycles. The first-order valence-electron chi connectivity index (χ1n) is 9.70. The summed E-state index contributed by atoms with van der Waals surface area (Å²) in [4.78, 5) is 29.4. The van der Waals surface area contributed by atoms with Gasteiger partial charge in [-0.25, -0.2) is 0 Å². The molecular formula is C24H21N3O2S. The summed E-state index contributed by atoms with van der Waals surface area (Å²) in [6.07, 6.45) is 1.60. The summed E-state index contributed by atoms with van der Waals surface area (Å²) < 4.78 is 0. The van der Waals surface area contributed by atoms with Crippen molar-refractivity contribution < 1.29 is 9.59 Å². The molecule has 150 valence electrons. The molecule has 0 bridgehead atoms. The second-order valence-corrected chi connectivity index (χ2v) is 7.45. The highest BCUT2D eigenvalue weighted by atomic mass is 32.1. The van der Waals surface area contributed by atoms with Gasteiger partial charge in [-0.2, -0.15) is 0 Å². The topological polar surface area (TPSA) is 52.7 Å². The molecule has 1 aliphatic heterocycles. The molecule has 1 aliphatic rings. The summed E-state index contributed by atoms with van der Waals surface area (Å²) in [6.45, 7) is 2.96. The number of carbonyl (C=O) groups is 2. The van der Waals surface area contributed by atoms with E-state index < -0.39 is 11.8 Å². The number of fused-ring (bicyclic) bond motifs is 1. The Balaban J connectivity index is 1.73. The van der Waals surface area contributed by atoms with Crippen molar-refractivity contribution in [2.75, 3.05) is 23.4 Å². The van der Waals surface area contributed by atoms with Crippen LogP contribution in [0.25, 0.3) is 16.8 Å². The van der Waals surface area contributed by atoms with Gasteiger partial charge in [-0.15, -0.1) is 0 Å². The molecule has 1 fully saturated rings. The normalized spacial score (nSPS) is 15.6.